The lowest BCUT2D eigenvalue weighted by Gasteiger charge is -2.08. The SMILES string of the molecule is O=C(NCCCNC(=O)c1ccccc1F)NCc1cccnc1. The number of nitrogens with zero attached hydrogens (tertiary/aromatic N) is 1. The van der Waals surface area contributed by atoms with E-state index in [1.54, 1.807) is 24.5 Å². The molecule has 0 unspecified atom stereocenters. The molecule has 1 aromatic carbocycles. The van der Waals surface area contributed by atoms with Crippen LogP contribution in [0.1, 0.15) is 22.3 Å². The summed E-state index contributed by atoms with van der Waals surface area (Å²) in [4.78, 5) is 27.3. The molecule has 0 atom stereocenters. The fourth-order valence-electron chi connectivity index (χ4n) is 1.98. The number of hydrogen-bond acceptors (Lipinski definition) is 3. The Hall–Kier alpha value is -2.96. The quantitative estimate of drug-likeness (QED) is 0.678. The van der Waals surface area contributed by atoms with Crippen LogP contribution in [-0.4, -0.2) is 30.0 Å². The van der Waals surface area contributed by atoms with Crippen LogP contribution in [0.2, 0.25) is 0 Å². The van der Waals surface area contributed by atoms with Crippen LogP contribution in [0.4, 0.5) is 9.18 Å². The highest BCUT2D eigenvalue weighted by atomic mass is 19.1. The van der Waals surface area contributed by atoms with Crippen molar-refractivity contribution < 1.29 is 14.0 Å². The van der Waals surface area contributed by atoms with Crippen molar-refractivity contribution in [3.8, 4) is 0 Å². The first-order chi connectivity index (χ1) is 11.7. The minimum absolute atomic E-state index is 0.0136. The van der Waals surface area contributed by atoms with Crippen molar-refractivity contribution in [2.24, 2.45) is 0 Å². The average Bonchev–Trinajstić information content (AvgIpc) is 2.61. The van der Waals surface area contributed by atoms with Gasteiger partial charge in [0.15, 0.2) is 0 Å². The average molecular weight is 330 g/mol. The predicted octanol–water partition coefficient (Wildman–Crippen LogP) is 1.84. The third kappa shape index (κ3) is 5.68. The molecule has 6 nitrogen and oxygen atoms in total. The van der Waals surface area contributed by atoms with Gasteiger partial charge >= 0.3 is 6.03 Å². The Morgan fingerprint density at radius 3 is 2.54 bits per heavy atom. The van der Waals surface area contributed by atoms with Crippen LogP contribution in [-0.2, 0) is 6.54 Å². The fourth-order valence-corrected chi connectivity index (χ4v) is 1.98. The maximum absolute atomic E-state index is 13.4. The molecule has 0 fully saturated rings. The largest absolute Gasteiger partial charge is 0.352 e. The summed E-state index contributed by atoms with van der Waals surface area (Å²) in [6.45, 7) is 1.14. The summed E-state index contributed by atoms with van der Waals surface area (Å²) in [5, 5.41) is 8.00. The third-order valence-electron chi connectivity index (χ3n) is 3.22. The first-order valence-corrected chi connectivity index (χ1v) is 7.60. The van der Waals surface area contributed by atoms with Crippen molar-refractivity contribution in [1.82, 2.24) is 20.9 Å². The van der Waals surface area contributed by atoms with Crippen LogP contribution in [0.3, 0.4) is 0 Å². The van der Waals surface area contributed by atoms with E-state index in [9.17, 15) is 14.0 Å². The van der Waals surface area contributed by atoms with E-state index in [0.29, 0.717) is 26.1 Å². The van der Waals surface area contributed by atoms with Gasteiger partial charge in [-0.25, -0.2) is 9.18 Å². The Morgan fingerprint density at radius 2 is 1.79 bits per heavy atom. The summed E-state index contributed by atoms with van der Waals surface area (Å²) in [6.07, 6.45) is 3.89. The molecule has 1 aromatic heterocycles. The van der Waals surface area contributed by atoms with Gasteiger partial charge in [0, 0.05) is 32.0 Å². The molecule has 24 heavy (non-hydrogen) atoms. The molecule has 0 aliphatic carbocycles. The first kappa shape index (κ1) is 17.4. The summed E-state index contributed by atoms with van der Waals surface area (Å²) in [5.41, 5.74) is 0.921. The van der Waals surface area contributed by atoms with E-state index in [0.717, 1.165) is 5.56 Å². The summed E-state index contributed by atoms with van der Waals surface area (Å²) >= 11 is 0. The molecule has 3 amide bonds. The van der Waals surface area contributed by atoms with Crippen LogP contribution < -0.4 is 16.0 Å². The Labute approximate surface area is 139 Å². The molecule has 0 bridgehead atoms. The fraction of sp³-hybridized carbons (Fsp3) is 0.235. The number of carbonyl (C=O) groups excluding carboxylic acids is 2. The lowest BCUT2D eigenvalue weighted by Crippen LogP contribution is -2.37. The number of carbonyl (C=O) groups is 2. The van der Waals surface area contributed by atoms with Crippen LogP contribution in [0.15, 0.2) is 48.8 Å². The maximum Gasteiger partial charge on any atom is 0.315 e. The first-order valence-electron chi connectivity index (χ1n) is 7.60. The molecule has 0 radical (unpaired) electrons. The molecule has 2 rings (SSSR count). The van der Waals surface area contributed by atoms with Gasteiger partial charge in [-0.2, -0.15) is 0 Å². The molecular formula is C17H19FN4O2. The maximum atomic E-state index is 13.4. The van der Waals surface area contributed by atoms with E-state index in [-0.39, 0.29) is 11.6 Å². The third-order valence-corrected chi connectivity index (χ3v) is 3.22. The Balaban J connectivity index is 1.58. The normalized spacial score (nSPS) is 10.0. The zero-order valence-corrected chi connectivity index (χ0v) is 13.1. The van der Waals surface area contributed by atoms with Gasteiger partial charge in [-0.05, 0) is 30.2 Å². The number of aromatic nitrogens is 1. The highest BCUT2D eigenvalue weighted by molar-refractivity contribution is 5.94. The van der Waals surface area contributed by atoms with Crippen molar-refractivity contribution in [1.29, 1.82) is 0 Å². The van der Waals surface area contributed by atoms with Gasteiger partial charge in [0.2, 0.25) is 0 Å². The summed E-state index contributed by atoms with van der Waals surface area (Å²) in [6, 6.07) is 9.17. The van der Waals surface area contributed by atoms with Crippen molar-refractivity contribution in [2.75, 3.05) is 13.1 Å². The minimum Gasteiger partial charge on any atom is -0.352 e. The van der Waals surface area contributed by atoms with E-state index < -0.39 is 11.7 Å². The molecule has 126 valence electrons. The Morgan fingerprint density at radius 1 is 1.00 bits per heavy atom. The van der Waals surface area contributed by atoms with Crippen LogP contribution in [0.25, 0.3) is 0 Å². The van der Waals surface area contributed by atoms with Crippen LogP contribution in [0.5, 0.6) is 0 Å². The second-order valence-corrected chi connectivity index (χ2v) is 5.06. The summed E-state index contributed by atoms with van der Waals surface area (Å²) in [7, 11) is 0. The standard InChI is InChI=1S/C17H19FN4O2/c18-15-7-2-1-6-14(15)16(23)20-9-4-10-21-17(24)22-12-13-5-3-8-19-11-13/h1-3,5-8,11H,4,9-10,12H2,(H,20,23)(H2,21,22,24). The van der Waals surface area contributed by atoms with Gasteiger partial charge in [-0.15, -0.1) is 0 Å². The molecule has 0 saturated carbocycles. The highest BCUT2D eigenvalue weighted by Gasteiger charge is 2.09. The number of hydrogen-bond donors (Lipinski definition) is 3. The molecule has 1 heterocycles. The zero-order valence-electron chi connectivity index (χ0n) is 13.1. The predicted molar refractivity (Wildman–Crippen MR) is 87.8 cm³/mol. The van der Waals surface area contributed by atoms with Crippen LogP contribution >= 0.6 is 0 Å². The Kier molecular flexibility index (Phi) is 6.70. The lowest BCUT2D eigenvalue weighted by atomic mass is 10.2. The number of pyridine rings is 1. The van der Waals surface area contributed by atoms with Gasteiger partial charge in [-0.1, -0.05) is 18.2 Å². The molecule has 2 aromatic rings. The van der Waals surface area contributed by atoms with E-state index in [2.05, 4.69) is 20.9 Å². The van der Waals surface area contributed by atoms with E-state index in [1.807, 2.05) is 6.07 Å². The number of halogens is 1. The number of amides is 3. The minimum atomic E-state index is -0.553. The van der Waals surface area contributed by atoms with Gasteiger partial charge in [-0.3, -0.25) is 9.78 Å². The Bertz CT molecular complexity index is 679. The van der Waals surface area contributed by atoms with Gasteiger partial charge in [0.1, 0.15) is 5.82 Å². The van der Waals surface area contributed by atoms with Gasteiger partial charge in [0.25, 0.3) is 5.91 Å². The molecule has 0 aliphatic heterocycles. The summed E-state index contributed by atoms with van der Waals surface area (Å²) in [5.74, 6) is -1.02. The second-order valence-electron chi connectivity index (χ2n) is 5.06. The number of urea groups is 1. The molecular weight excluding hydrogens is 311 g/mol. The second kappa shape index (κ2) is 9.24. The lowest BCUT2D eigenvalue weighted by molar-refractivity contribution is 0.0949. The number of nitrogens with one attached hydrogen (secondary N) is 3. The van der Waals surface area contributed by atoms with Crippen molar-refractivity contribution in [3.05, 3.63) is 65.7 Å². The van der Waals surface area contributed by atoms with Crippen LogP contribution in [0, 0.1) is 5.82 Å². The molecule has 7 heteroatoms. The number of benzene rings is 1. The van der Waals surface area contributed by atoms with Crippen molar-refractivity contribution >= 4 is 11.9 Å². The van der Waals surface area contributed by atoms with E-state index in [1.165, 1.54) is 18.2 Å². The monoisotopic (exact) mass is 330 g/mol. The highest BCUT2D eigenvalue weighted by Crippen LogP contribution is 2.05. The van der Waals surface area contributed by atoms with Gasteiger partial charge in [0.05, 0.1) is 5.56 Å². The molecule has 3 N–H and O–H groups in total. The molecule has 0 saturated heterocycles. The topological polar surface area (TPSA) is 83.1 Å². The smallest absolute Gasteiger partial charge is 0.315 e. The zero-order chi connectivity index (χ0) is 17.2. The summed E-state index contributed by atoms with van der Waals surface area (Å²) < 4.78 is 13.4. The van der Waals surface area contributed by atoms with E-state index in [4.69, 9.17) is 0 Å². The van der Waals surface area contributed by atoms with E-state index >= 15 is 0 Å². The van der Waals surface area contributed by atoms with Crippen molar-refractivity contribution in [3.63, 3.8) is 0 Å². The molecule has 0 aliphatic rings. The van der Waals surface area contributed by atoms with Crippen molar-refractivity contribution in [2.45, 2.75) is 13.0 Å². The van der Waals surface area contributed by atoms with Gasteiger partial charge < -0.3 is 16.0 Å². The molecule has 0 spiro atoms. The number of rotatable bonds is 7.